The van der Waals surface area contributed by atoms with Crippen LogP contribution >= 0.6 is 0 Å². The van der Waals surface area contributed by atoms with Crippen molar-refractivity contribution in [1.82, 2.24) is 4.98 Å². The average Bonchev–Trinajstić information content (AvgIpc) is 2.59. The van der Waals surface area contributed by atoms with Crippen LogP contribution in [0.4, 0.5) is 0 Å². The van der Waals surface area contributed by atoms with Crippen LogP contribution in [0.15, 0.2) is 24.5 Å². The van der Waals surface area contributed by atoms with Crippen molar-refractivity contribution in [3.8, 4) is 0 Å². The summed E-state index contributed by atoms with van der Waals surface area (Å²) in [5.74, 6) is 0.996. The van der Waals surface area contributed by atoms with Gasteiger partial charge in [-0.1, -0.05) is 6.07 Å². The zero-order chi connectivity index (χ0) is 8.89. The van der Waals surface area contributed by atoms with Crippen molar-refractivity contribution in [3.05, 3.63) is 30.1 Å². The molecule has 0 spiro atoms. The van der Waals surface area contributed by atoms with Crippen LogP contribution in [0.2, 0.25) is 0 Å². The van der Waals surface area contributed by atoms with Gasteiger partial charge in [0.25, 0.3) is 0 Å². The molecule has 2 bridgehead atoms. The third kappa shape index (κ3) is 0.953. The highest BCUT2D eigenvalue weighted by Gasteiger charge is 2.55. The van der Waals surface area contributed by atoms with E-state index in [1.54, 1.807) is 0 Å². The summed E-state index contributed by atoms with van der Waals surface area (Å²) in [5.41, 5.74) is 1.44. The summed E-state index contributed by atoms with van der Waals surface area (Å²) in [6.45, 7) is 2.78. The van der Waals surface area contributed by atoms with E-state index in [0.717, 1.165) is 12.0 Å². The van der Waals surface area contributed by atoms with Crippen LogP contribution in [-0.2, 0) is 0 Å². The smallest absolute Gasteiger partial charge is 0.117 e. The molecule has 4 rings (SSSR count). The molecule has 68 valence electrons. The maximum absolute atomic E-state index is 4.20. The molecular weight excluding hydrogens is 160 g/mol. The molecule has 0 unspecified atom stereocenters. The number of rotatable bonds is 1. The molecule has 1 aromatic rings. The second-order valence-corrected chi connectivity index (χ2v) is 4.75. The first-order chi connectivity index (χ1) is 6.28. The second-order valence-electron chi connectivity index (χ2n) is 4.75. The van der Waals surface area contributed by atoms with E-state index in [0.29, 0.717) is 0 Å². The highest BCUT2D eigenvalue weighted by Crippen LogP contribution is 2.49. The van der Waals surface area contributed by atoms with Gasteiger partial charge >= 0.3 is 0 Å². The van der Waals surface area contributed by atoms with Crippen LogP contribution in [0.3, 0.4) is 0 Å². The summed E-state index contributed by atoms with van der Waals surface area (Å²) in [4.78, 5) is 4.20. The first-order valence-corrected chi connectivity index (χ1v) is 5.02. The normalized spacial score (nSPS) is 41.6. The Morgan fingerprint density at radius 1 is 1.46 bits per heavy atom. The second kappa shape index (κ2) is 2.32. The van der Waals surface area contributed by atoms with E-state index in [-0.39, 0.29) is 0 Å². The molecule has 1 atom stereocenters. The fourth-order valence-electron chi connectivity index (χ4n) is 3.17. The molecule has 0 aliphatic carbocycles. The van der Waals surface area contributed by atoms with Gasteiger partial charge in [0, 0.05) is 24.4 Å². The number of quaternary nitrogens is 1. The van der Waals surface area contributed by atoms with Gasteiger partial charge in [0.2, 0.25) is 0 Å². The predicted octanol–water partition coefficient (Wildman–Crippen LogP) is 1.60. The zero-order valence-corrected chi connectivity index (χ0v) is 7.98. The largest absolute Gasteiger partial charge is 0.319 e. The van der Waals surface area contributed by atoms with Crippen molar-refractivity contribution in [2.75, 3.05) is 20.1 Å². The minimum atomic E-state index is 0.735. The standard InChI is InChI=1S/C11H15N2/c1-13-7-9(8-13)5-11(13)10-3-2-4-12-6-10/h2-4,6,9,11H,5,7-8H2,1H3/q+1/t9?,11-,13?/m0/s1. The van der Waals surface area contributed by atoms with E-state index in [4.69, 9.17) is 0 Å². The molecule has 2 nitrogen and oxygen atoms in total. The van der Waals surface area contributed by atoms with Crippen LogP contribution in [0, 0.1) is 5.92 Å². The molecule has 0 aromatic carbocycles. The summed E-state index contributed by atoms with van der Waals surface area (Å²) in [7, 11) is 2.38. The Kier molecular flexibility index (Phi) is 1.34. The lowest BCUT2D eigenvalue weighted by Crippen LogP contribution is -2.53. The summed E-state index contributed by atoms with van der Waals surface area (Å²) in [6, 6.07) is 5.01. The first kappa shape index (κ1) is 7.51. The van der Waals surface area contributed by atoms with E-state index in [2.05, 4.69) is 24.2 Å². The maximum Gasteiger partial charge on any atom is 0.117 e. The number of fused-ring (bicyclic) bond motifs is 1. The zero-order valence-electron chi connectivity index (χ0n) is 7.98. The number of hydrogen-bond acceptors (Lipinski definition) is 1. The minimum Gasteiger partial charge on any atom is -0.319 e. The third-order valence-electron chi connectivity index (χ3n) is 3.73. The monoisotopic (exact) mass is 175 g/mol. The molecule has 0 radical (unpaired) electrons. The van der Waals surface area contributed by atoms with Crippen molar-refractivity contribution >= 4 is 0 Å². The highest BCUT2D eigenvalue weighted by atomic mass is 15.4. The van der Waals surface area contributed by atoms with Gasteiger partial charge in [0.05, 0.1) is 26.1 Å². The van der Waals surface area contributed by atoms with Gasteiger partial charge in [-0.15, -0.1) is 0 Å². The molecule has 13 heavy (non-hydrogen) atoms. The molecule has 3 aliphatic rings. The van der Waals surface area contributed by atoms with Gasteiger partial charge < -0.3 is 4.48 Å². The van der Waals surface area contributed by atoms with E-state index < -0.39 is 0 Å². The fraction of sp³-hybridized carbons (Fsp3) is 0.545. The third-order valence-corrected chi connectivity index (χ3v) is 3.73. The molecule has 1 aromatic heterocycles. The highest BCUT2D eigenvalue weighted by molar-refractivity contribution is 5.14. The molecule has 3 fully saturated rings. The number of nitrogens with zero attached hydrogens (tertiary/aromatic N) is 2. The van der Waals surface area contributed by atoms with Crippen LogP contribution in [0.5, 0.6) is 0 Å². The lowest BCUT2D eigenvalue weighted by molar-refractivity contribution is -0.957. The topological polar surface area (TPSA) is 12.9 Å². The number of pyridine rings is 1. The van der Waals surface area contributed by atoms with E-state index in [1.165, 1.54) is 29.6 Å². The SMILES string of the molecule is C[N+]12CC(C[C@H]1c1cccnc1)C2. The maximum atomic E-state index is 4.20. The van der Waals surface area contributed by atoms with Gasteiger partial charge in [0.1, 0.15) is 6.04 Å². The summed E-state index contributed by atoms with van der Waals surface area (Å²) >= 11 is 0. The Morgan fingerprint density at radius 3 is 2.85 bits per heavy atom. The van der Waals surface area contributed by atoms with Crippen LogP contribution in [0.1, 0.15) is 18.0 Å². The van der Waals surface area contributed by atoms with Gasteiger partial charge in [-0.2, -0.15) is 0 Å². The van der Waals surface area contributed by atoms with Crippen LogP contribution in [-0.4, -0.2) is 29.6 Å². The Morgan fingerprint density at radius 2 is 2.31 bits per heavy atom. The Hall–Kier alpha value is -0.890. The molecular formula is C11H15N2+. The van der Waals surface area contributed by atoms with Crippen molar-refractivity contribution in [2.24, 2.45) is 5.92 Å². The summed E-state index contributed by atoms with van der Waals surface area (Å²) in [6.07, 6.45) is 5.27. The first-order valence-electron chi connectivity index (χ1n) is 5.02. The average molecular weight is 175 g/mol. The van der Waals surface area contributed by atoms with Crippen molar-refractivity contribution in [1.29, 1.82) is 0 Å². The van der Waals surface area contributed by atoms with Gasteiger partial charge in [0.15, 0.2) is 0 Å². The Balaban J connectivity index is 1.95. The Bertz CT molecular complexity index is 314. The van der Waals surface area contributed by atoms with Gasteiger partial charge in [-0.3, -0.25) is 4.98 Å². The number of aromatic nitrogens is 1. The molecule has 3 aliphatic heterocycles. The fourth-order valence-corrected chi connectivity index (χ4v) is 3.17. The molecule has 3 saturated heterocycles. The molecule has 0 N–H and O–H groups in total. The summed E-state index contributed by atoms with van der Waals surface area (Å²) in [5, 5.41) is 0. The lowest BCUT2D eigenvalue weighted by atomic mass is 10.0. The van der Waals surface area contributed by atoms with Crippen molar-refractivity contribution in [3.63, 3.8) is 0 Å². The predicted molar refractivity (Wildman–Crippen MR) is 51.0 cm³/mol. The summed E-state index contributed by atoms with van der Waals surface area (Å²) < 4.78 is 1.26. The van der Waals surface area contributed by atoms with E-state index in [9.17, 15) is 0 Å². The van der Waals surface area contributed by atoms with Gasteiger partial charge in [-0.25, -0.2) is 0 Å². The lowest BCUT2D eigenvalue weighted by Gasteiger charge is -2.41. The van der Waals surface area contributed by atoms with Crippen molar-refractivity contribution in [2.45, 2.75) is 12.5 Å². The van der Waals surface area contributed by atoms with Crippen LogP contribution < -0.4 is 0 Å². The minimum absolute atomic E-state index is 0.735. The Labute approximate surface area is 78.8 Å². The van der Waals surface area contributed by atoms with E-state index in [1.807, 2.05) is 12.4 Å². The molecule has 4 heterocycles. The molecule has 0 amide bonds. The molecule has 0 saturated carbocycles. The van der Waals surface area contributed by atoms with Crippen molar-refractivity contribution < 1.29 is 4.48 Å². The van der Waals surface area contributed by atoms with Gasteiger partial charge in [-0.05, 0) is 6.07 Å². The quantitative estimate of drug-likeness (QED) is 0.591. The number of hydrogen-bond donors (Lipinski definition) is 0. The van der Waals surface area contributed by atoms with Crippen LogP contribution in [0.25, 0.3) is 0 Å². The van der Waals surface area contributed by atoms with E-state index >= 15 is 0 Å². The molecule has 2 heteroatoms.